The van der Waals surface area contributed by atoms with Crippen LogP contribution >= 0.6 is 0 Å². The quantitative estimate of drug-likeness (QED) is 0.785. The molecular weight excluding hydrogens is 250 g/mol. The fraction of sp³-hybridized carbons (Fsp3) is 0.250. The molecular formula is C16H19N3O. The number of aromatic nitrogens is 2. The van der Waals surface area contributed by atoms with Gasteiger partial charge in [-0.3, -0.25) is 0 Å². The predicted octanol–water partition coefficient (Wildman–Crippen LogP) is 2.64. The first-order valence-corrected chi connectivity index (χ1v) is 6.60. The van der Waals surface area contributed by atoms with Gasteiger partial charge in [-0.2, -0.15) is 0 Å². The second kappa shape index (κ2) is 7.40. The summed E-state index contributed by atoms with van der Waals surface area (Å²) in [7, 11) is 0. The van der Waals surface area contributed by atoms with Crippen LogP contribution in [0.4, 0.5) is 0 Å². The van der Waals surface area contributed by atoms with Crippen molar-refractivity contribution in [3.63, 3.8) is 0 Å². The van der Waals surface area contributed by atoms with Crippen molar-refractivity contribution in [3.8, 4) is 5.75 Å². The van der Waals surface area contributed by atoms with Crippen molar-refractivity contribution >= 4 is 0 Å². The number of benzene rings is 1. The number of hydrogen-bond donors (Lipinski definition) is 1. The number of ether oxygens (including phenoxy) is 1. The minimum Gasteiger partial charge on any atom is -0.490 e. The summed E-state index contributed by atoms with van der Waals surface area (Å²) in [5.41, 5.74) is 2.21. The highest BCUT2D eigenvalue weighted by molar-refractivity contribution is 5.27. The van der Waals surface area contributed by atoms with E-state index in [1.807, 2.05) is 25.1 Å². The second-order valence-corrected chi connectivity index (χ2v) is 4.44. The Bertz CT molecular complexity index is 552. The zero-order valence-corrected chi connectivity index (χ0v) is 11.7. The predicted molar refractivity (Wildman–Crippen MR) is 79.4 cm³/mol. The lowest BCUT2D eigenvalue weighted by Gasteiger charge is -2.07. The zero-order chi connectivity index (χ0) is 14.2. The third-order valence-electron chi connectivity index (χ3n) is 2.76. The van der Waals surface area contributed by atoms with E-state index in [2.05, 4.69) is 34.0 Å². The molecule has 0 unspecified atom stereocenters. The summed E-state index contributed by atoms with van der Waals surface area (Å²) in [5.74, 6) is 1.66. The minimum atomic E-state index is 0.532. The van der Waals surface area contributed by atoms with Crippen LogP contribution in [-0.4, -0.2) is 16.6 Å². The molecule has 20 heavy (non-hydrogen) atoms. The van der Waals surface area contributed by atoms with Crippen LogP contribution in [0.15, 0.2) is 49.2 Å². The minimum absolute atomic E-state index is 0.532. The van der Waals surface area contributed by atoms with Crippen LogP contribution in [0, 0.1) is 6.92 Å². The molecule has 0 aliphatic heterocycles. The molecule has 104 valence electrons. The Morgan fingerprint density at radius 2 is 2.00 bits per heavy atom. The van der Waals surface area contributed by atoms with Gasteiger partial charge in [-0.1, -0.05) is 24.8 Å². The van der Waals surface area contributed by atoms with Gasteiger partial charge in [0.1, 0.15) is 18.2 Å². The van der Waals surface area contributed by atoms with Crippen LogP contribution in [0.2, 0.25) is 0 Å². The molecule has 4 nitrogen and oxygen atoms in total. The maximum absolute atomic E-state index is 5.44. The van der Waals surface area contributed by atoms with Gasteiger partial charge < -0.3 is 10.1 Å². The summed E-state index contributed by atoms with van der Waals surface area (Å²) in [5, 5.41) is 3.36. The van der Waals surface area contributed by atoms with E-state index < -0.39 is 0 Å². The number of hydrogen-bond acceptors (Lipinski definition) is 4. The molecule has 0 aliphatic rings. The van der Waals surface area contributed by atoms with Gasteiger partial charge in [0.25, 0.3) is 0 Å². The molecule has 0 saturated carbocycles. The molecule has 0 radical (unpaired) electrons. The first-order chi connectivity index (χ1) is 9.78. The van der Waals surface area contributed by atoms with Crippen LogP contribution < -0.4 is 10.1 Å². The summed E-state index contributed by atoms with van der Waals surface area (Å²) >= 11 is 0. The standard InChI is InChI=1S/C16H19N3O/c1-3-10-20-16-6-4-14(5-7-16)11-17-12-15-8-9-18-13(2)19-15/h3-9,17H,1,10-12H2,2H3. The fourth-order valence-corrected chi connectivity index (χ4v) is 1.80. The Morgan fingerprint density at radius 1 is 1.20 bits per heavy atom. The van der Waals surface area contributed by atoms with Gasteiger partial charge in [0.2, 0.25) is 0 Å². The van der Waals surface area contributed by atoms with Crippen LogP contribution in [0.3, 0.4) is 0 Å². The average molecular weight is 269 g/mol. The van der Waals surface area contributed by atoms with E-state index in [-0.39, 0.29) is 0 Å². The smallest absolute Gasteiger partial charge is 0.125 e. The molecule has 2 rings (SSSR count). The van der Waals surface area contributed by atoms with Gasteiger partial charge in [0.05, 0.1) is 5.69 Å². The van der Waals surface area contributed by atoms with E-state index in [1.165, 1.54) is 5.56 Å². The largest absolute Gasteiger partial charge is 0.490 e. The van der Waals surface area contributed by atoms with Gasteiger partial charge in [-0.15, -0.1) is 0 Å². The molecule has 0 bridgehead atoms. The molecule has 0 amide bonds. The third-order valence-corrected chi connectivity index (χ3v) is 2.76. The molecule has 0 spiro atoms. The first-order valence-electron chi connectivity index (χ1n) is 6.60. The zero-order valence-electron chi connectivity index (χ0n) is 11.7. The molecule has 1 heterocycles. The highest BCUT2D eigenvalue weighted by Gasteiger charge is 1.97. The molecule has 1 N–H and O–H groups in total. The molecule has 0 fully saturated rings. The summed E-state index contributed by atoms with van der Waals surface area (Å²) in [4.78, 5) is 8.43. The second-order valence-electron chi connectivity index (χ2n) is 4.44. The monoisotopic (exact) mass is 269 g/mol. The third kappa shape index (κ3) is 4.48. The number of nitrogens with zero attached hydrogens (tertiary/aromatic N) is 2. The topological polar surface area (TPSA) is 47.0 Å². The Hall–Kier alpha value is -2.20. The van der Waals surface area contributed by atoms with E-state index >= 15 is 0 Å². The maximum atomic E-state index is 5.44. The lowest BCUT2D eigenvalue weighted by atomic mass is 10.2. The first kappa shape index (κ1) is 14.2. The molecule has 1 aromatic heterocycles. The molecule has 1 aromatic carbocycles. The van der Waals surface area contributed by atoms with Crippen LogP contribution in [0.1, 0.15) is 17.1 Å². The van der Waals surface area contributed by atoms with Crippen molar-refractivity contribution in [3.05, 3.63) is 66.3 Å². The Kier molecular flexibility index (Phi) is 5.26. The number of nitrogens with one attached hydrogen (secondary N) is 1. The summed E-state index contributed by atoms with van der Waals surface area (Å²) in [6.07, 6.45) is 3.52. The van der Waals surface area contributed by atoms with E-state index in [4.69, 9.17) is 4.74 Å². The summed E-state index contributed by atoms with van der Waals surface area (Å²) in [6.45, 7) is 7.58. The SMILES string of the molecule is C=CCOc1ccc(CNCc2ccnc(C)n2)cc1. The van der Waals surface area contributed by atoms with Crippen molar-refractivity contribution < 1.29 is 4.74 Å². The van der Waals surface area contributed by atoms with Crippen molar-refractivity contribution in [2.45, 2.75) is 20.0 Å². The highest BCUT2D eigenvalue weighted by atomic mass is 16.5. The number of aryl methyl sites for hydroxylation is 1. The van der Waals surface area contributed by atoms with Crippen molar-refractivity contribution in [1.29, 1.82) is 0 Å². The van der Waals surface area contributed by atoms with Crippen LogP contribution in [-0.2, 0) is 13.1 Å². The number of rotatable bonds is 7. The maximum Gasteiger partial charge on any atom is 0.125 e. The molecule has 0 saturated heterocycles. The van der Waals surface area contributed by atoms with Gasteiger partial charge in [0.15, 0.2) is 0 Å². The Morgan fingerprint density at radius 3 is 2.70 bits per heavy atom. The van der Waals surface area contributed by atoms with Gasteiger partial charge in [-0.25, -0.2) is 9.97 Å². The van der Waals surface area contributed by atoms with Gasteiger partial charge in [-0.05, 0) is 30.7 Å². The van der Waals surface area contributed by atoms with E-state index in [1.54, 1.807) is 12.3 Å². The lowest BCUT2D eigenvalue weighted by Crippen LogP contribution is -2.14. The van der Waals surface area contributed by atoms with Crippen molar-refractivity contribution in [2.75, 3.05) is 6.61 Å². The van der Waals surface area contributed by atoms with E-state index in [0.717, 1.165) is 30.4 Å². The van der Waals surface area contributed by atoms with Crippen LogP contribution in [0.5, 0.6) is 5.75 Å². The molecule has 0 aliphatic carbocycles. The molecule has 0 atom stereocenters. The Balaban J connectivity index is 1.80. The average Bonchev–Trinajstić information content (AvgIpc) is 2.46. The van der Waals surface area contributed by atoms with Crippen molar-refractivity contribution in [2.24, 2.45) is 0 Å². The summed E-state index contributed by atoms with van der Waals surface area (Å²) in [6, 6.07) is 9.96. The Labute approximate surface area is 119 Å². The van der Waals surface area contributed by atoms with Crippen LogP contribution in [0.25, 0.3) is 0 Å². The van der Waals surface area contributed by atoms with E-state index in [9.17, 15) is 0 Å². The molecule has 4 heteroatoms. The van der Waals surface area contributed by atoms with Gasteiger partial charge >= 0.3 is 0 Å². The summed E-state index contributed by atoms with van der Waals surface area (Å²) < 4.78 is 5.44. The van der Waals surface area contributed by atoms with Crippen molar-refractivity contribution in [1.82, 2.24) is 15.3 Å². The van der Waals surface area contributed by atoms with Gasteiger partial charge in [0, 0.05) is 19.3 Å². The molecule has 2 aromatic rings. The van der Waals surface area contributed by atoms with E-state index in [0.29, 0.717) is 6.61 Å². The normalized spacial score (nSPS) is 10.2. The highest BCUT2D eigenvalue weighted by Crippen LogP contribution is 2.12. The fourth-order valence-electron chi connectivity index (χ4n) is 1.80. The lowest BCUT2D eigenvalue weighted by molar-refractivity contribution is 0.363.